The zero-order valence-corrected chi connectivity index (χ0v) is 18.4. The van der Waals surface area contributed by atoms with Gasteiger partial charge in [-0.25, -0.2) is 18.1 Å². The molecule has 3 aromatic heterocycles. The quantitative estimate of drug-likeness (QED) is 0.588. The normalized spacial score (nSPS) is 15.5. The van der Waals surface area contributed by atoms with Crippen molar-refractivity contribution < 1.29 is 8.42 Å². The number of fused-ring (bicyclic) bond motifs is 1. The molecule has 0 saturated carbocycles. The van der Waals surface area contributed by atoms with Gasteiger partial charge in [0.05, 0.1) is 22.9 Å². The van der Waals surface area contributed by atoms with Gasteiger partial charge in [0.15, 0.2) is 5.03 Å². The van der Waals surface area contributed by atoms with Crippen LogP contribution in [0.1, 0.15) is 18.1 Å². The summed E-state index contributed by atoms with van der Waals surface area (Å²) in [4.78, 5) is 28.2. The summed E-state index contributed by atoms with van der Waals surface area (Å²) < 4.78 is 25.9. The van der Waals surface area contributed by atoms with Gasteiger partial charge in [-0.1, -0.05) is 6.92 Å². The number of anilines is 1. The van der Waals surface area contributed by atoms with Crippen LogP contribution in [0.5, 0.6) is 0 Å². The molecule has 9 nitrogen and oxygen atoms in total. The van der Waals surface area contributed by atoms with Gasteiger partial charge in [0.1, 0.15) is 0 Å². The van der Waals surface area contributed by atoms with E-state index in [4.69, 9.17) is 0 Å². The van der Waals surface area contributed by atoms with Gasteiger partial charge in [0.2, 0.25) is 0 Å². The van der Waals surface area contributed by atoms with Gasteiger partial charge < -0.3 is 9.88 Å². The molecule has 1 aliphatic heterocycles. The summed E-state index contributed by atoms with van der Waals surface area (Å²) in [5.74, 6) is 0. The van der Waals surface area contributed by atoms with E-state index >= 15 is 0 Å². The van der Waals surface area contributed by atoms with E-state index < -0.39 is 10.0 Å². The van der Waals surface area contributed by atoms with Crippen LogP contribution < -0.4 is 15.2 Å². The Morgan fingerprint density at radius 2 is 1.87 bits per heavy atom. The molecule has 0 amide bonds. The molecule has 3 aromatic rings. The molecular weight excluding hydrogens is 416 g/mol. The highest BCUT2D eigenvalue weighted by molar-refractivity contribution is 7.89. The number of nitrogens with one attached hydrogen (secondary N) is 2. The highest BCUT2D eigenvalue weighted by Gasteiger charge is 2.19. The fraction of sp³-hybridized carbons (Fsp3) is 0.381. The zero-order valence-electron chi connectivity index (χ0n) is 17.6. The van der Waals surface area contributed by atoms with Crippen LogP contribution in [0.2, 0.25) is 0 Å². The summed E-state index contributed by atoms with van der Waals surface area (Å²) in [5, 5.41) is 0.0188. The Labute approximate surface area is 181 Å². The number of sulfonamides is 1. The van der Waals surface area contributed by atoms with Crippen molar-refractivity contribution in [1.82, 2.24) is 24.6 Å². The van der Waals surface area contributed by atoms with Crippen molar-refractivity contribution in [1.29, 1.82) is 0 Å². The predicted octanol–water partition coefficient (Wildman–Crippen LogP) is 1.11. The Hall–Kier alpha value is -2.82. The highest BCUT2D eigenvalue weighted by atomic mass is 32.2. The van der Waals surface area contributed by atoms with E-state index in [-0.39, 0.29) is 10.6 Å². The Bertz CT molecular complexity index is 1230. The van der Waals surface area contributed by atoms with E-state index in [2.05, 4.69) is 29.5 Å². The molecule has 4 heterocycles. The monoisotopic (exact) mass is 442 g/mol. The minimum absolute atomic E-state index is 0.0188. The summed E-state index contributed by atoms with van der Waals surface area (Å²) >= 11 is 0. The number of aromatic amines is 1. The van der Waals surface area contributed by atoms with Crippen LogP contribution in [0.25, 0.3) is 11.0 Å². The lowest BCUT2D eigenvalue weighted by atomic mass is 10.1. The van der Waals surface area contributed by atoms with Crippen molar-refractivity contribution in [2.24, 2.45) is 0 Å². The molecule has 2 N–H and O–H groups in total. The van der Waals surface area contributed by atoms with E-state index in [1.807, 2.05) is 25.3 Å². The van der Waals surface area contributed by atoms with Gasteiger partial charge >= 0.3 is 0 Å². The van der Waals surface area contributed by atoms with E-state index in [9.17, 15) is 13.2 Å². The lowest BCUT2D eigenvalue weighted by Gasteiger charge is -2.36. The number of pyridine rings is 3. The third-order valence-corrected chi connectivity index (χ3v) is 6.94. The van der Waals surface area contributed by atoms with Gasteiger partial charge in [-0.2, -0.15) is 0 Å². The van der Waals surface area contributed by atoms with Crippen LogP contribution >= 0.6 is 0 Å². The molecule has 0 aliphatic carbocycles. The third-order valence-electron chi connectivity index (χ3n) is 5.62. The molecule has 31 heavy (non-hydrogen) atoms. The Balaban J connectivity index is 1.39. The molecular formula is C21H26N6O3S. The van der Waals surface area contributed by atoms with Crippen molar-refractivity contribution in [3.05, 3.63) is 58.1 Å². The molecule has 0 atom stereocenters. The number of hydrogen-bond donors (Lipinski definition) is 2. The minimum atomic E-state index is -3.53. The van der Waals surface area contributed by atoms with Crippen LogP contribution in [0.15, 0.2) is 46.5 Å². The van der Waals surface area contributed by atoms with Crippen LogP contribution in [0, 0.1) is 0 Å². The number of aromatic nitrogens is 3. The van der Waals surface area contributed by atoms with Crippen molar-refractivity contribution >= 4 is 26.7 Å². The molecule has 0 unspecified atom stereocenters. The highest BCUT2D eigenvalue weighted by Crippen LogP contribution is 2.19. The molecule has 10 heteroatoms. The standard InChI is InChI=1S/C21H26N6O3S/c1-3-16-11-18-19(25-21(16)28)10-15(12-23-18)14-26-6-8-27(9-7-26)17-4-5-20(24-13-17)31(29,30)22-2/h4-5,10-13,22H,3,6-9,14H2,1-2H3,(H,25,28). The second-order valence-corrected chi connectivity index (χ2v) is 9.41. The Kier molecular flexibility index (Phi) is 6.03. The predicted molar refractivity (Wildman–Crippen MR) is 120 cm³/mol. The molecule has 0 bridgehead atoms. The van der Waals surface area contributed by atoms with E-state index in [1.54, 1.807) is 12.3 Å². The maximum atomic E-state index is 12.1. The molecule has 1 fully saturated rings. The topological polar surface area (TPSA) is 111 Å². The first-order chi connectivity index (χ1) is 14.9. The van der Waals surface area contributed by atoms with Crippen LogP contribution in [0.3, 0.4) is 0 Å². The lowest BCUT2D eigenvalue weighted by molar-refractivity contribution is 0.249. The molecule has 1 saturated heterocycles. The fourth-order valence-corrected chi connectivity index (χ4v) is 4.41. The molecule has 4 rings (SSSR count). The summed E-state index contributed by atoms with van der Waals surface area (Å²) in [6.07, 6.45) is 4.16. The van der Waals surface area contributed by atoms with Crippen molar-refractivity contribution in [3.8, 4) is 0 Å². The number of piperazine rings is 1. The van der Waals surface area contributed by atoms with Gasteiger partial charge in [-0.3, -0.25) is 14.7 Å². The second-order valence-electron chi connectivity index (χ2n) is 7.58. The van der Waals surface area contributed by atoms with Crippen molar-refractivity contribution in [2.75, 3.05) is 38.1 Å². The summed E-state index contributed by atoms with van der Waals surface area (Å²) in [5.41, 5.74) is 4.23. The molecule has 1 aliphatic rings. The van der Waals surface area contributed by atoms with E-state index in [1.165, 1.54) is 13.1 Å². The number of rotatable bonds is 6. The average molecular weight is 443 g/mol. The largest absolute Gasteiger partial charge is 0.368 e. The third kappa shape index (κ3) is 4.60. The first-order valence-corrected chi connectivity index (χ1v) is 11.8. The molecule has 0 spiro atoms. The van der Waals surface area contributed by atoms with Crippen molar-refractivity contribution in [2.45, 2.75) is 24.9 Å². The van der Waals surface area contributed by atoms with Gasteiger partial charge in [0.25, 0.3) is 15.6 Å². The molecule has 0 radical (unpaired) electrons. The first kappa shape index (κ1) is 21.4. The number of H-pyrrole nitrogens is 1. The SMILES string of the molecule is CCc1cc2ncc(CN3CCN(c4ccc(S(=O)(=O)NC)nc4)CC3)cc2[nH]c1=O. The van der Waals surface area contributed by atoms with Gasteiger partial charge in [0, 0.05) is 44.5 Å². The smallest absolute Gasteiger partial charge is 0.257 e. The fourth-order valence-electron chi connectivity index (χ4n) is 3.76. The first-order valence-electron chi connectivity index (χ1n) is 10.3. The maximum Gasteiger partial charge on any atom is 0.257 e. The van der Waals surface area contributed by atoms with Crippen LogP contribution in [0.4, 0.5) is 5.69 Å². The lowest BCUT2D eigenvalue weighted by Crippen LogP contribution is -2.46. The summed E-state index contributed by atoms with van der Waals surface area (Å²) in [6.45, 7) is 6.07. The maximum absolute atomic E-state index is 12.1. The Morgan fingerprint density at radius 1 is 1.10 bits per heavy atom. The van der Waals surface area contributed by atoms with Crippen LogP contribution in [-0.2, 0) is 23.0 Å². The average Bonchev–Trinajstić information content (AvgIpc) is 2.79. The number of nitrogens with zero attached hydrogens (tertiary/aromatic N) is 4. The van der Waals surface area contributed by atoms with Crippen LogP contribution in [-0.4, -0.2) is 61.5 Å². The van der Waals surface area contributed by atoms with E-state index in [0.717, 1.165) is 60.6 Å². The van der Waals surface area contributed by atoms with E-state index in [0.29, 0.717) is 6.42 Å². The zero-order chi connectivity index (χ0) is 22.0. The summed E-state index contributed by atoms with van der Waals surface area (Å²) in [6, 6.07) is 7.18. The van der Waals surface area contributed by atoms with Gasteiger partial charge in [-0.15, -0.1) is 0 Å². The van der Waals surface area contributed by atoms with Crippen molar-refractivity contribution in [3.63, 3.8) is 0 Å². The number of aryl methyl sites for hydroxylation is 1. The Morgan fingerprint density at radius 3 is 2.52 bits per heavy atom. The second kappa shape index (κ2) is 8.74. The summed E-state index contributed by atoms with van der Waals surface area (Å²) in [7, 11) is -2.16. The van der Waals surface area contributed by atoms with Gasteiger partial charge in [-0.05, 0) is 43.3 Å². The molecule has 0 aromatic carbocycles. The number of hydrogen-bond acceptors (Lipinski definition) is 7. The minimum Gasteiger partial charge on any atom is -0.368 e. The molecule has 164 valence electrons.